The molecule has 2 aromatic heterocycles. The average Bonchev–Trinajstić information content (AvgIpc) is 3.13. The Bertz CT molecular complexity index is 1000. The van der Waals surface area contributed by atoms with Crippen LogP contribution >= 0.6 is 0 Å². The molecule has 33 heavy (non-hydrogen) atoms. The van der Waals surface area contributed by atoms with Crippen LogP contribution in [0, 0.1) is 11.8 Å². The van der Waals surface area contributed by atoms with Gasteiger partial charge in [-0.3, -0.25) is 4.68 Å². The minimum absolute atomic E-state index is 0.128. The minimum atomic E-state index is -4.54. The quantitative estimate of drug-likeness (QED) is 0.694. The topological polar surface area (TPSA) is 69.2 Å². The number of anilines is 1. The molecule has 3 heterocycles. The third-order valence-electron chi connectivity index (χ3n) is 7.86. The standard InChI is InChI=1S/C24H32F3N5O/c1-13(2)32-21(11-20(30-32)14-8-19(24(25,26)27)23(28)29-12-14)22-17-9-15(10-18(17)22)31-6-4-16(33-3)5-7-31/h8,11-13,15-18,22H,4-7,9-10H2,1-3H3,(H2,28,29)/t15-,17+,18-,22-. The number of hydrogen-bond acceptors (Lipinski definition) is 5. The second kappa shape index (κ2) is 8.27. The molecule has 0 unspecified atom stereocenters. The first kappa shape index (κ1) is 22.7. The Kier molecular flexibility index (Phi) is 5.68. The highest BCUT2D eigenvalue weighted by atomic mass is 19.4. The number of piperidine rings is 1. The lowest BCUT2D eigenvalue weighted by Gasteiger charge is -2.36. The lowest BCUT2D eigenvalue weighted by molar-refractivity contribution is -0.137. The van der Waals surface area contributed by atoms with E-state index in [0.717, 1.165) is 37.7 Å². The molecule has 1 saturated heterocycles. The number of alkyl halides is 3. The normalized spacial score (nSPS) is 28.5. The number of halogens is 3. The highest BCUT2D eigenvalue weighted by Gasteiger charge is 2.58. The summed E-state index contributed by atoms with van der Waals surface area (Å²) in [5.41, 5.74) is 6.58. The van der Waals surface area contributed by atoms with Crippen LogP contribution in [0.25, 0.3) is 11.3 Å². The van der Waals surface area contributed by atoms with E-state index in [1.165, 1.54) is 19.0 Å². The van der Waals surface area contributed by atoms with Gasteiger partial charge in [0.05, 0.1) is 17.4 Å². The van der Waals surface area contributed by atoms with Crippen LogP contribution in [0.3, 0.4) is 0 Å². The summed E-state index contributed by atoms with van der Waals surface area (Å²) >= 11 is 0. The number of ether oxygens (including phenoxy) is 1. The summed E-state index contributed by atoms with van der Waals surface area (Å²) in [7, 11) is 1.80. The van der Waals surface area contributed by atoms with Crippen molar-refractivity contribution < 1.29 is 17.9 Å². The number of nitrogens with zero attached hydrogens (tertiary/aromatic N) is 4. The first-order valence-corrected chi connectivity index (χ1v) is 11.9. The Balaban J connectivity index is 1.33. The summed E-state index contributed by atoms with van der Waals surface area (Å²) < 4.78 is 47.5. The first-order chi connectivity index (χ1) is 15.7. The number of hydrogen-bond donors (Lipinski definition) is 1. The molecule has 0 spiro atoms. The number of likely N-dealkylation sites (tertiary alicyclic amines) is 1. The fourth-order valence-corrected chi connectivity index (χ4v) is 6.08. The Labute approximate surface area is 192 Å². The molecule has 1 aliphatic heterocycles. The maximum Gasteiger partial charge on any atom is 0.419 e. The zero-order valence-electron chi connectivity index (χ0n) is 19.3. The van der Waals surface area contributed by atoms with Crippen molar-refractivity contribution in [3.63, 3.8) is 0 Å². The monoisotopic (exact) mass is 463 g/mol. The molecule has 2 N–H and O–H groups in total. The predicted molar refractivity (Wildman–Crippen MR) is 120 cm³/mol. The van der Waals surface area contributed by atoms with Gasteiger partial charge in [-0.05, 0) is 63.5 Å². The van der Waals surface area contributed by atoms with Crippen LogP contribution in [0.15, 0.2) is 18.3 Å². The van der Waals surface area contributed by atoms with Gasteiger partial charge in [0, 0.05) is 55.7 Å². The second-order valence-electron chi connectivity index (χ2n) is 10.1. The lowest BCUT2D eigenvalue weighted by Crippen LogP contribution is -2.42. The maximum absolute atomic E-state index is 13.3. The molecule has 2 aromatic rings. The minimum Gasteiger partial charge on any atom is -0.383 e. The molecular weight excluding hydrogens is 431 g/mol. The van der Waals surface area contributed by atoms with Gasteiger partial charge in [-0.25, -0.2) is 4.98 Å². The number of methoxy groups -OCH3 is 1. The molecular formula is C24H32F3N5O. The van der Waals surface area contributed by atoms with E-state index in [2.05, 4.69) is 23.7 Å². The molecule has 0 aromatic carbocycles. The molecule has 180 valence electrons. The summed E-state index contributed by atoms with van der Waals surface area (Å²) in [5, 5.41) is 4.69. The fraction of sp³-hybridized carbons (Fsp3) is 0.667. The van der Waals surface area contributed by atoms with Crippen molar-refractivity contribution in [3.8, 4) is 11.3 Å². The van der Waals surface area contributed by atoms with Crippen molar-refractivity contribution in [3.05, 3.63) is 29.6 Å². The van der Waals surface area contributed by atoms with Crippen molar-refractivity contribution in [1.29, 1.82) is 0 Å². The molecule has 3 fully saturated rings. The van der Waals surface area contributed by atoms with Crippen LogP contribution in [0.4, 0.5) is 19.0 Å². The molecule has 5 rings (SSSR count). The Morgan fingerprint density at radius 3 is 2.36 bits per heavy atom. The van der Waals surface area contributed by atoms with Gasteiger partial charge in [-0.2, -0.15) is 18.3 Å². The molecule has 2 aliphatic carbocycles. The number of nitrogens with two attached hydrogens (primary N) is 1. The van der Waals surface area contributed by atoms with Crippen molar-refractivity contribution >= 4 is 5.82 Å². The van der Waals surface area contributed by atoms with E-state index in [0.29, 0.717) is 41.2 Å². The van der Waals surface area contributed by atoms with Crippen LogP contribution in [-0.2, 0) is 10.9 Å². The summed E-state index contributed by atoms with van der Waals surface area (Å²) in [6, 6.07) is 3.80. The van der Waals surface area contributed by atoms with Crippen molar-refractivity contribution in [2.75, 3.05) is 25.9 Å². The Morgan fingerprint density at radius 1 is 1.12 bits per heavy atom. The molecule has 0 amide bonds. The van der Waals surface area contributed by atoms with Gasteiger partial charge in [0.1, 0.15) is 5.82 Å². The van der Waals surface area contributed by atoms with Crippen LogP contribution in [0.1, 0.15) is 62.7 Å². The van der Waals surface area contributed by atoms with Crippen LogP contribution < -0.4 is 5.73 Å². The molecule has 4 atom stereocenters. The summed E-state index contributed by atoms with van der Waals surface area (Å²) in [4.78, 5) is 6.42. The van der Waals surface area contributed by atoms with Crippen LogP contribution in [0.5, 0.6) is 0 Å². The molecule has 3 aliphatic rings. The maximum atomic E-state index is 13.3. The van der Waals surface area contributed by atoms with Gasteiger partial charge < -0.3 is 15.4 Å². The van der Waals surface area contributed by atoms with Crippen LogP contribution in [0.2, 0.25) is 0 Å². The van der Waals surface area contributed by atoms with E-state index in [4.69, 9.17) is 15.6 Å². The van der Waals surface area contributed by atoms with Gasteiger partial charge in [0.2, 0.25) is 0 Å². The van der Waals surface area contributed by atoms with Gasteiger partial charge >= 0.3 is 6.18 Å². The van der Waals surface area contributed by atoms with Crippen molar-refractivity contribution in [2.24, 2.45) is 11.8 Å². The van der Waals surface area contributed by atoms with Gasteiger partial charge in [0.15, 0.2) is 0 Å². The van der Waals surface area contributed by atoms with Gasteiger partial charge in [-0.1, -0.05) is 0 Å². The average molecular weight is 464 g/mol. The van der Waals surface area contributed by atoms with Crippen molar-refractivity contribution in [1.82, 2.24) is 19.7 Å². The summed E-state index contributed by atoms with van der Waals surface area (Å²) in [6.07, 6.45) is 1.81. The third-order valence-corrected chi connectivity index (χ3v) is 7.86. The van der Waals surface area contributed by atoms with E-state index in [1.54, 1.807) is 7.11 Å². The SMILES string of the molecule is COC1CCN([C@H]2C[C@@H]3[C@H](C2)[C@H]3c2cc(-c3cnc(N)c(C(F)(F)F)c3)nn2C(C)C)CC1. The van der Waals surface area contributed by atoms with Gasteiger partial charge in [0.25, 0.3) is 0 Å². The van der Waals surface area contributed by atoms with E-state index >= 15 is 0 Å². The highest BCUT2D eigenvalue weighted by Crippen LogP contribution is 2.64. The first-order valence-electron chi connectivity index (χ1n) is 11.9. The zero-order chi connectivity index (χ0) is 23.5. The van der Waals surface area contributed by atoms with E-state index in [1.807, 2.05) is 10.7 Å². The number of aromatic nitrogens is 3. The smallest absolute Gasteiger partial charge is 0.383 e. The van der Waals surface area contributed by atoms with E-state index in [-0.39, 0.29) is 6.04 Å². The number of fused-ring (bicyclic) bond motifs is 1. The Morgan fingerprint density at radius 2 is 1.79 bits per heavy atom. The van der Waals surface area contributed by atoms with Crippen LogP contribution in [-0.4, -0.2) is 52.0 Å². The van der Waals surface area contributed by atoms with E-state index in [9.17, 15) is 13.2 Å². The summed E-state index contributed by atoms with van der Waals surface area (Å²) in [6.45, 7) is 6.33. The molecule has 2 saturated carbocycles. The third kappa shape index (κ3) is 4.14. The molecule has 0 bridgehead atoms. The van der Waals surface area contributed by atoms with Gasteiger partial charge in [-0.15, -0.1) is 0 Å². The highest BCUT2D eigenvalue weighted by molar-refractivity contribution is 5.63. The molecule has 6 nitrogen and oxygen atoms in total. The molecule has 0 radical (unpaired) electrons. The van der Waals surface area contributed by atoms with Crippen molar-refractivity contribution in [2.45, 2.75) is 69.8 Å². The number of rotatable bonds is 5. The summed E-state index contributed by atoms with van der Waals surface area (Å²) in [5.74, 6) is 1.19. The Hall–Kier alpha value is -2.13. The second-order valence-corrected chi connectivity index (χ2v) is 10.1. The fourth-order valence-electron chi connectivity index (χ4n) is 6.08. The lowest BCUT2D eigenvalue weighted by atomic mass is 9.99. The zero-order valence-corrected chi connectivity index (χ0v) is 19.3. The number of pyridine rings is 1. The molecule has 9 heteroatoms. The number of nitrogen functional groups attached to an aromatic ring is 1. The largest absolute Gasteiger partial charge is 0.419 e. The predicted octanol–water partition coefficient (Wildman–Crippen LogP) is 4.73. The van der Waals surface area contributed by atoms with E-state index < -0.39 is 17.6 Å².